The Bertz CT molecular complexity index is 1030. The van der Waals surface area contributed by atoms with Crippen molar-refractivity contribution in [2.24, 2.45) is 5.92 Å². The lowest BCUT2D eigenvalue weighted by Crippen LogP contribution is -2.40. The molecule has 0 radical (unpaired) electrons. The van der Waals surface area contributed by atoms with E-state index in [2.05, 4.69) is 15.0 Å². The molecule has 9 heteroatoms. The number of aromatic nitrogens is 3. The molecule has 1 unspecified atom stereocenters. The van der Waals surface area contributed by atoms with Gasteiger partial charge in [0, 0.05) is 18.0 Å². The van der Waals surface area contributed by atoms with Gasteiger partial charge in [-0.1, -0.05) is 12.1 Å². The lowest BCUT2D eigenvalue weighted by molar-refractivity contribution is -0.137. The number of benzene rings is 2. The third kappa shape index (κ3) is 5.04. The third-order valence-corrected chi connectivity index (χ3v) is 5.90. The molecule has 1 aromatic heterocycles. The Labute approximate surface area is 182 Å². The number of piperidine rings is 1. The first-order valence-corrected chi connectivity index (χ1v) is 10.3. The summed E-state index contributed by atoms with van der Waals surface area (Å²) in [5.74, 6) is -0.494. The molecule has 168 valence electrons. The van der Waals surface area contributed by atoms with E-state index in [0.717, 1.165) is 12.1 Å². The number of nitrogens with zero attached hydrogens (tertiary/aromatic N) is 4. The number of ketones is 1. The molecular formula is C23H22F4N4O. The second kappa shape index (κ2) is 9.20. The number of alkyl halides is 3. The number of carbonyl (C=O) groups excluding carboxylic acids is 1. The molecule has 1 fully saturated rings. The molecule has 1 atom stereocenters. The Morgan fingerprint density at radius 2 is 1.69 bits per heavy atom. The second-order valence-electron chi connectivity index (χ2n) is 7.96. The molecule has 0 saturated carbocycles. The summed E-state index contributed by atoms with van der Waals surface area (Å²) in [6.45, 7) is 1.87. The molecule has 0 amide bonds. The number of likely N-dealkylation sites (tertiary alicyclic amines) is 1. The first-order chi connectivity index (χ1) is 15.3. The first kappa shape index (κ1) is 22.1. The molecule has 1 aliphatic heterocycles. The Morgan fingerprint density at radius 3 is 2.25 bits per heavy atom. The van der Waals surface area contributed by atoms with Gasteiger partial charge in [-0.05, 0) is 67.9 Å². The summed E-state index contributed by atoms with van der Waals surface area (Å²) in [5, 5.41) is 4.19. The number of Topliss-reactive ketones (excluding diaryl/α,β-unsaturated/α-hetero) is 1. The van der Waals surface area contributed by atoms with Crippen LogP contribution in [-0.2, 0) is 6.18 Å². The van der Waals surface area contributed by atoms with Crippen LogP contribution in [0.25, 0.3) is 0 Å². The number of rotatable bonds is 6. The van der Waals surface area contributed by atoms with Crippen molar-refractivity contribution in [1.82, 2.24) is 19.7 Å². The maximum absolute atomic E-state index is 13.1. The number of hydrogen-bond acceptors (Lipinski definition) is 4. The first-order valence-electron chi connectivity index (χ1n) is 10.3. The van der Waals surface area contributed by atoms with Crippen molar-refractivity contribution in [2.45, 2.75) is 25.1 Å². The van der Waals surface area contributed by atoms with E-state index < -0.39 is 11.7 Å². The number of hydrogen-bond donors (Lipinski definition) is 0. The Kier molecular flexibility index (Phi) is 6.36. The zero-order chi connectivity index (χ0) is 22.7. The van der Waals surface area contributed by atoms with Gasteiger partial charge in [-0.25, -0.2) is 14.1 Å². The zero-order valence-electron chi connectivity index (χ0n) is 17.2. The largest absolute Gasteiger partial charge is 0.416 e. The van der Waals surface area contributed by atoms with Gasteiger partial charge in [-0.2, -0.15) is 18.3 Å². The smallest absolute Gasteiger partial charge is 0.301 e. The quantitative estimate of drug-likeness (QED) is 0.410. The number of halogens is 4. The van der Waals surface area contributed by atoms with Crippen molar-refractivity contribution in [3.63, 3.8) is 0 Å². The summed E-state index contributed by atoms with van der Waals surface area (Å²) in [7, 11) is 0. The van der Waals surface area contributed by atoms with Gasteiger partial charge in [-0.3, -0.25) is 4.79 Å². The molecule has 1 saturated heterocycles. The molecule has 3 aromatic rings. The summed E-state index contributed by atoms with van der Waals surface area (Å²) in [5.41, 5.74) is 0.516. The van der Waals surface area contributed by atoms with E-state index >= 15 is 0 Å². The average Bonchev–Trinajstić information content (AvgIpc) is 3.32. The van der Waals surface area contributed by atoms with Gasteiger partial charge >= 0.3 is 6.18 Å². The summed E-state index contributed by atoms with van der Waals surface area (Å²) in [6.07, 6.45) is -0.126. The van der Waals surface area contributed by atoms with Crippen LogP contribution < -0.4 is 0 Å². The van der Waals surface area contributed by atoms with Crippen molar-refractivity contribution >= 4 is 5.78 Å². The normalized spacial score (nSPS) is 16.8. The molecule has 0 bridgehead atoms. The monoisotopic (exact) mass is 446 g/mol. The van der Waals surface area contributed by atoms with Gasteiger partial charge in [0.2, 0.25) is 0 Å². The minimum absolute atomic E-state index is 0.0141. The van der Waals surface area contributed by atoms with Crippen LogP contribution in [0.15, 0.2) is 61.2 Å². The Hall–Kier alpha value is -3.07. The second-order valence-corrected chi connectivity index (χ2v) is 7.96. The molecule has 1 aliphatic rings. The minimum Gasteiger partial charge on any atom is -0.301 e. The van der Waals surface area contributed by atoms with E-state index in [-0.39, 0.29) is 23.6 Å². The van der Waals surface area contributed by atoms with Crippen molar-refractivity contribution in [2.75, 3.05) is 19.6 Å². The van der Waals surface area contributed by atoms with Crippen LogP contribution in [0.5, 0.6) is 0 Å². The Balaban J connectivity index is 1.43. The summed E-state index contributed by atoms with van der Waals surface area (Å²) in [6, 6.07) is 10.4. The minimum atomic E-state index is -4.39. The molecule has 2 heterocycles. The van der Waals surface area contributed by atoms with Crippen LogP contribution in [0.3, 0.4) is 0 Å². The van der Waals surface area contributed by atoms with Gasteiger partial charge in [0.05, 0.1) is 11.6 Å². The van der Waals surface area contributed by atoms with Crippen LogP contribution in [0.4, 0.5) is 17.6 Å². The van der Waals surface area contributed by atoms with Gasteiger partial charge < -0.3 is 4.90 Å². The lowest BCUT2D eigenvalue weighted by Gasteiger charge is -2.34. The van der Waals surface area contributed by atoms with E-state index in [9.17, 15) is 22.4 Å². The molecule has 5 nitrogen and oxygen atoms in total. The van der Waals surface area contributed by atoms with Gasteiger partial charge in [0.25, 0.3) is 0 Å². The molecular weight excluding hydrogens is 424 g/mol. The molecule has 4 rings (SSSR count). The van der Waals surface area contributed by atoms with Crippen molar-refractivity contribution in [3.8, 4) is 0 Å². The fourth-order valence-electron chi connectivity index (χ4n) is 4.09. The maximum Gasteiger partial charge on any atom is 0.416 e. The van der Waals surface area contributed by atoms with Crippen LogP contribution in [0, 0.1) is 11.7 Å². The van der Waals surface area contributed by atoms with E-state index in [1.165, 1.54) is 42.7 Å². The maximum atomic E-state index is 13.1. The predicted molar refractivity (Wildman–Crippen MR) is 109 cm³/mol. The SMILES string of the molecule is O=C(c1ccc(F)cc1)C1CCN(CC(c2ccc(C(F)(F)F)cc2)n2cncn2)CC1. The van der Waals surface area contributed by atoms with Crippen molar-refractivity contribution < 1.29 is 22.4 Å². The fraction of sp³-hybridized carbons (Fsp3) is 0.348. The highest BCUT2D eigenvalue weighted by molar-refractivity contribution is 5.97. The molecule has 0 spiro atoms. The topological polar surface area (TPSA) is 51.0 Å². The van der Waals surface area contributed by atoms with Crippen LogP contribution in [0.1, 0.15) is 40.4 Å². The molecule has 2 aromatic carbocycles. The molecule has 0 aliphatic carbocycles. The van der Waals surface area contributed by atoms with Crippen LogP contribution >= 0.6 is 0 Å². The summed E-state index contributed by atoms with van der Waals surface area (Å²) in [4.78, 5) is 18.9. The van der Waals surface area contributed by atoms with Gasteiger partial charge in [0.1, 0.15) is 18.5 Å². The molecule has 0 N–H and O–H groups in total. The van der Waals surface area contributed by atoms with Crippen molar-refractivity contribution in [1.29, 1.82) is 0 Å². The number of carbonyl (C=O) groups is 1. The predicted octanol–water partition coefficient (Wildman–Crippen LogP) is 4.62. The van der Waals surface area contributed by atoms with Gasteiger partial charge in [-0.15, -0.1) is 0 Å². The van der Waals surface area contributed by atoms with E-state index in [4.69, 9.17) is 0 Å². The third-order valence-electron chi connectivity index (χ3n) is 5.90. The van der Waals surface area contributed by atoms with Gasteiger partial charge in [0.15, 0.2) is 5.78 Å². The highest BCUT2D eigenvalue weighted by Crippen LogP contribution is 2.31. The van der Waals surface area contributed by atoms with E-state index in [0.29, 0.717) is 43.6 Å². The van der Waals surface area contributed by atoms with Crippen molar-refractivity contribution in [3.05, 3.63) is 83.7 Å². The highest BCUT2D eigenvalue weighted by atomic mass is 19.4. The van der Waals surface area contributed by atoms with Crippen LogP contribution in [-0.4, -0.2) is 45.1 Å². The zero-order valence-corrected chi connectivity index (χ0v) is 17.2. The lowest BCUT2D eigenvalue weighted by atomic mass is 9.88. The summed E-state index contributed by atoms with van der Waals surface area (Å²) >= 11 is 0. The highest BCUT2D eigenvalue weighted by Gasteiger charge is 2.31. The standard InChI is InChI=1S/C23H22F4N4O/c24-20-7-3-17(4-8-20)22(32)18-9-11-30(12-10-18)13-21(31-15-28-14-29-31)16-1-5-19(6-2-16)23(25,26)27/h1-8,14-15,18,21H,9-13H2. The average molecular weight is 446 g/mol. The van der Waals surface area contributed by atoms with Crippen LogP contribution in [0.2, 0.25) is 0 Å². The van der Waals surface area contributed by atoms with E-state index in [1.54, 1.807) is 11.0 Å². The summed E-state index contributed by atoms with van der Waals surface area (Å²) < 4.78 is 53.5. The van der Waals surface area contributed by atoms with E-state index in [1.807, 2.05) is 0 Å². The fourth-order valence-corrected chi connectivity index (χ4v) is 4.09. The molecule has 32 heavy (non-hydrogen) atoms. The Morgan fingerprint density at radius 1 is 1.03 bits per heavy atom.